The third-order valence-corrected chi connectivity index (χ3v) is 4.38. The molecule has 0 aromatic carbocycles. The van der Waals surface area contributed by atoms with Crippen molar-refractivity contribution >= 4 is 5.69 Å². The van der Waals surface area contributed by atoms with Crippen LogP contribution >= 0.6 is 0 Å². The summed E-state index contributed by atoms with van der Waals surface area (Å²) < 4.78 is 5.51. The van der Waals surface area contributed by atoms with Crippen LogP contribution in [0.1, 0.15) is 19.8 Å². The number of likely N-dealkylation sites (tertiary alicyclic amines) is 1. The number of ether oxygens (including phenoxy) is 1. The highest BCUT2D eigenvalue weighted by Gasteiger charge is 2.37. The van der Waals surface area contributed by atoms with Gasteiger partial charge in [-0.2, -0.15) is 0 Å². The molecule has 2 aliphatic rings. The molecule has 104 valence electrons. The standard InChI is InChI=1S/C15H23N3O/c1-3-19-15-10-13(4-7-16-15)18-9-5-12-11-17(2)8-6-14(12)18/h4,7,10,12,14H,3,5-6,8-9,11H2,1-2H3/t12-,14?/m1/s1. The van der Waals surface area contributed by atoms with Crippen molar-refractivity contribution in [1.82, 2.24) is 9.88 Å². The number of rotatable bonds is 3. The van der Waals surface area contributed by atoms with Gasteiger partial charge in [-0.15, -0.1) is 0 Å². The molecule has 4 heteroatoms. The lowest BCUT2D eigenvalue weighted by atomic mass is 9.93. The van der Waals surface area contributed by atoms with Crippen molar-refractivity contribution in [1.29, 1.82) is 0 Å². The second-order valence-electron chi connectivity index (χ2n) is 5.65. The lowest BCUT2D eigenvalue weighted by molar-refractivity contribution is 0.202. The van der Waals surface area contributed by atoms with Crippen LogP contribution in [0.3, 0.4) is 0 Å². The maximum absolute atomic E-state index is 5.51. The lowest BCUT2D eigenvalue weighted by Crippen LogP contribution is -2.44. The fourth-order valence-corrected chi connectivity index (χ4v) is 3.49. The summed E-state index contributed by atoms with van der Waals surface area (Å²) in [5, 5.41) is 0. The van der Waals surface area contributed by atoms with Crippen LogP contribution in [0.4, 0.5) is 5.69 Å². The molecule has 0 bridgehead atoms. The van der Waals surface area contributed by atoms with Crippen LogP contribution < -0.4 is 9.64 Å². The molecule has 4 nitrogen and oxygen atoms in total. The van der Waals surface area contributed by atoms with Crippen molar-refractivity contribution in [3.8, 4) is 5.88 Å². The quantitative estimate of drug-likeness (QED) is 0.832. The maximum atomic E-state index is 5.51. The topological polar surface area (TPSA) is 28.6 Å². The Labute approximate surface area is 115 Å². The van der Waals surface area contributed by atoms with Crippen molar-refractivity contribution in [2.24, 2.45) is 5.92 Å². The SMILES string of the molecule is CCOc1cc(N2CC[C@@H]3CN(C)CCC32)ccn1. The van der Waals surface area contributed by atoms with Crippen LogP contribution in [0, 0.1) is 5.92 Å². The molecule has 0 aliphatic carbocycles. The highest BCUT2D eigenvalue weighted by molar-refractivity contribution is 5.50. The first-order chi connectivity index (χ1) is 9.28. The van der Waals surface area contributed by atoms with E-state index < -0.39 is 0 Å². The highest BCUT2D eigenvalue weighted by Crippen LogP contribution is 2.35. The van der Waals surface area contributed by atoms with E-state index in [1.54, 1.807) is 0 Å². The summed E-state index contributed by atoms with van der Waals surface area (Å²) in [7, 11) is 2.23. The Balaban J connectivity index is 1.77. The van der Waals surface area contributed by atoms with Crippen molar-refractivity contribution in [3.63, 3.8) is 0 Å². The Morgan fingerprint density at radius 1 is 1.37 bits per heavy atom. The zero-order valence-corrected chi connectivity index (χ0v) is 11.9. The summed E-state index contributed by atoms with van der Waals surface area (Å²) in [4.78, 5) is 9.28. The average molecular weight is 261 g/mol. The van der Waals surface area contributed by atoms with Gasteiger partial charge in [0.05, 0.1) is 6.61 Å². The molecule has 2 saturated heterocycles. The van der Waals surface area contributed by atoms with Crippen LogP contribution in [0.15, 0.2) is 18.3 Å². The molecule has 0 spiro atoms. The number of nitrogens with zero attached hydrogens (tertiary/aromatic N) is 3. The molecule has 2 fully saturated rings. The molecular weight excluding hydrogens is 238 g/mol. The Kier molecular flexibility index (Phi) is 3.60. The van der Waals surface area contributed by atoms with Gasteiger partial charge in [0.2, 0.25) is 5.88 Å². The molecule has 2 aliphatic heterocycles. The molecule has 3 rings (SSSR count). The second-order valence-corrected chi connectivity index (χ2v) is 5.65. The van der Waals surface area contributed by atoms with E-state index in [1.807, 2.05) is 13.1 Å². The summed E-state index contributed by atoms with van der Waals surface area (Å²) in [6.07, 6.45) is 4.44. The smallest absolute Gasteiger partial charge is 0.215 e. The largest absolute Gasteiger partial charge is 0.478 e. The number of anilines is 1. The molecule has 1 aromatic heterocycles. The van der Waals surface area contributed by atoms with Gasteiger partial charge in [-0.05, 0) is 45.3 Å². The fraction of sp³-hybridized carbons (Fsp3) is 0.667. The van der Waals surface area contributed by atoms with Gasteiger partial charge in [-0.3, -0.25) is 0 Å². The van der Waals surface area contributed by atoms with Crippen molar-refractivity contribution in [2.75, 3.05) is 38.2 Å². The van der Waals surface area contributed by atoms with Crippen LogP contribution in [-0.4, -0.2) is 49.2 Å². The molecule has 0 radical (unpaired) electrons. The zero-order chi connectivity index (χ0) is 13.2. The van der Waals surface area contributed by atoms with Crippen molar-refractivity contribution < 1.29 is 4.74 Å². The molecule has 0 saturated carbocycles. The first-order valence-corrected chi connectivity index (χ1v) is 7.32. The van der Waals surface area contributed by atoms with Gasteiger partial charge in [0.1, 0.15) is 0 Å². The number of fused-ring (bicyclic) bond motifs is 1. The molecular formula is C15H23N3O. The minimum absolute atomic E-state index is 0.674. The zero-order valence-electron chi connectivity index (χ0n) is 11.9. The minimum atomic E-state index is 0.674. The van der Waals surface area contributed by atoms with Gasteiger partial charge in [-0.1, -0.05) is 0 Å². The van der Waals surface area contributed by atoms with E-state index in [2.05, 4.69) is 34.0 Å². The summed E-state index contributed by atoms with van der Waals surface area (Å²) in [5.74, 6) is 1.57. The summed E-state index contributed by atoms with van der Waals surface area (Å²) >= 11 is 0. The maximum Gasteiger partial charge on any atom is 0.215 e. The third kappa shape index (κ3) is 2.54. The minimum Gasteiger partial charge on any atom is -0.478 e. The van der Waals surface area contributed by atoms with E-state index in [0.29, 0.717) is 12.6 Å². The van der Waals surface area contributed by atoms with Gasteiger partial charge in [0, 0.05) is 37.1 Å². The molecule has 0 amide bonds. The monoisotopic (exact) mass is 261 g/mol. The van der Waals surface area contributed by atoms with Gasteiger partial charge in [-0.25, -0.2) is 4.98 Å². The van der Waals surface area contributed by atoms with Gasteiger partial charge >= 0.3 is 0 Å². The van der Waals surface area contributed by atoms with E-state index in [4.69, 9.17) is 4.74 Å². The summed E-state index contributed by atoms with van der Waals surface area (Å²) in [6, 6.07) is 4.90. The molecule has 1 unspecified atom stereocenters. The molecule has 1 aromatic rings. The van der Waals surface area contributed by atoms with Crippen LogP contribution in [-0.2, 0) is 0 Å². The number of aromatic nitrogens is 1. The first kappa shape index (κ1) is 12.7. The summed E-state index contributed by atoms with van der Waals surface area (Å²) in [5.41, 5.74) is 1.27. The highest BCUT2D eigenvalue weighted by atomic mass is 16.5. The number of hydrogen-bond acceptors (Lipinski definition) is 4. The predicted octanol–water partition coefficient (Wildman–Crippen LogP) is 2.01. The Morgan fingerprint density at radius 2 is 2.26 bits per heavy atom. The van der Waals surface area contributed by atoms with Crippen LogP contribution in [0.25, 0.3) is 0 Å². The van der Waals surface area contributed by atoms with Gasteiger partial charge < -0.3 is 14.5 Å². The van der Waals surface area contributed by atoms with E-state index >= 15 is 0 Å². The normalized spacial score (nSPS) is 27.4. The Bertz CT molecular complexity index is 437. The molecule has 2 atom stereocenters. The molecule has 19 heavy (non-hydrogen) atoms. The predicted molar refractivity (Wildman–Crippen MR) is 76.8 cm³/mol. The van der Waals surface area contributed by atoms with Crippen molar-refractivity contribution in [2.45, 2.75) is 25.8 Å². The van der Waals surface area contributed by atoms with E-state index in [0.717, 1.165) is 11.8 Å². The molecule has 3 heterocycles. The van der Waals surface area contributed by atoms with Crippen molar-refractivity contribution in [3.05, 3.63) is 18.3 Å². The van der Waals surface area contributed by atoms with Crippen LogP contribution in [0.2, 0.25) is 0 Å². The van der Waals surface area contributed by atoms with Gasteiger partial charge in [0.15, 0.2) is 0 Å². The number of pyridine rings is 1. The number of hydrogen-bond donors (Lipinski definition) is 0. The summed E-state index contributed by atoms with van der Waals surface area (Å²) in [6.45, 7) is 6.29. The van der Waals surface area contributed by atoms with E-state index in [-0.39, 0.29) is 0 Å². The Hall–Kier alpha value is -1.29. The fourth-order valence-electron chi connectivity index (χ4n) is 3.49. The third-order valence-electron chi connectivity index (χ3n) is 4.38. The van der Waals surface area contributed by atoms with Gasteiger partial charge in [0.25, 0.3) is 0 Å². The van der Waals surface area contributed by atoms with E-state index in [9.17, 15) is 0 Å². The average Bonchev–Trinajstić information content (AvgIpc) is 2.82. The molecule has 0 N–H and O–H groups in total. The lowest BCUT2D eigenvalue weighted by Gasteiger charge is -2.37. The Morgan fingerprint density at radius 3 is 3.11 bits per heavy atom. The van der Waals surface area contributed by atoms with Crippen LogP contribution in [0.5, 0.6) is 5.88 Å². The second kappa shape index (κ2) is 5.37. The number of piperidine rings is 1. The first-order valence-electron chi connectivity index (χ1n) is 7.32. The van der Waals surface area contributed by atoms with E-state index in [1.165, 1.54) is 38.2 Å².